The van der Waals surface area contributed by atoms with Crippen LogP contribution in [0.1, 0.15) is 5.56 Å². The third kappa shape index (κ3) is 7.84. The molecule has 0 aliphatic rings. The summed E-state index contributed by atoms with van der Waals surface area (Å²) in [5.41, 5.74) is 0.715. The first kappa shape index (κ1) is 13.2. The molecule has 1 rings (SSSR count). The van der Waals surface area contributed by atoms with Crippen molar-refractivity contribution in [1.82, 2.24) is 0 Å². The highest BCUT2D eigenvalue weighted by atomic mass is 32.2. The topological polar surface area (TPSA) is 40.9 Å². The van der Waals surface area contributed by atoms with Gasteiger partial charge in [-0.05, 0) is 18.4 Å². The summed E-state index contributed by atoms with van der Waals surface area (Å²) in [6.45, 7) is 0. The highest BCUT2D eigenvalue weighted by Crippen LogP contribution is 1.93. The Kier molecular flexibility index (Phi) is 8.30. The van der Waals surface area contributed by atoms with Crippen molar-refractivity contribution >= 4 is 22.6 Å². The fraction of sp³-hybridized carbons (Fsp3) is 0.300. The van der Waals surface area contributed by atoms with Crippen molar-refractivity contribution in [2.24, 2.45) is 0 Å². The monoisotopic (exact) mass is 227 g/mol. The molecule has 4 heteroatoms. The normalized spacial score (nSPS) is 10.6. The van der Waals surface area contributed by atoms with Crippen LogP contribution in [0.3, 0.4) is 0 Å². The van der Waals surface area contributed by atoms with Crippen LogP contribution in [-0.4, -0.2) is 21.8 Å². The maximum atomic E-state index is 10.1. The van der Waals surface area contributed by atoms with Gasteiger partial charge < -0.3 is 0 Å². The van der Waals surface area contributed by atoms with Gasteiger partial charge in [0.2, 0.25) is 0 Å². The van der Waals surface area contributed by atoms with E-state index in [0.29, 0.717) is 5.56 Å². The van der Waals surface area contributed by atoms with Crippen molar-refractivity contribution in [1.29, 1.82) is 5.26 Å². The van der Waals surface area contributed by atoms with E-state index in [9.17, 15) is 4.21 Å². The fourth-order valence-electron chi connectivity index (χ4n) is 0.679. The Morgan fingerprint density at radius 1 is 1.43 bits per heavy atom. The van der Waals surface area contributed by atoms with Gasteiger partial charge in [-0.2, -0.15) is 17.0 Å². The third-order valence-corrected chi connectivity index (χ3v) is 3.46. The van der Waals surface area contributed by atoms with E-state index in [1.54, 1.807) is 30.2 Å². The summed E-state index contributed by atoms with van der Waals surface area (Å²) < 4.78 is 10.1. The molecule has 0 amide bonds. The van der Waals surface area contributed by atoms with Gasteiger partial charge in [-0.15, -0.1) is 0 Å². The molecule has 0 N–H and O–H groups in total. The minimum Gasteiger partial charge on any atom is -0.259 e. The van der Waals surface area contributed by atoms with Crippen LogP contribution in [0.5, 0.6) is 0 Å². The quantitative estimate of drug-likeness (QED) is 0.778. The van der Waals surface area contributed by atoms with Gasteiger partial charge in [-0.3, -0.25) is 4.21 Å². The lowest BCUT2D eigenvalue weighted by Gasteiger charge is -1.83. The second-order valence-electron chi connectivity index (χ2n) is 2.46. The number of hydrogen-bond donors (Lipinski definition) is 0. The Balaban J connectivity index is 0.000000255. The lowest BCUT2D eigenvalue weighted by atomic mass is 10.2. The molecule has 0 fully saturated rings. The first-order valence-corrected chi connectivity index (χ1v) is 7.07. The van der Waals surface area contributed by atoms with Gasteiger partial charge in [0.1, 0.15) is 0 Å². The van der Waals surface area contributed by atoms with E-state index in [4.69, 9.17) is 5.26 Å². The summed E-state index contributed by atoms with van der Waals surface area (Å²) in [5.74, 6) is 0. The minimum atomic E-state index is -0.603. The molecule has 0 aromatic heterocycles. The number of thioether (sulfide) groups is 1. The van der Waals surface area contributed by atoms with Crippen LogP contribution in [0.25, 0.3) is 0 Å². The second kappa shape index (κ2) is 8.79. The zero-order valence-corrected chi connectivity index (χ0v) is 9.90. The van der Waals surface area contributed by atoms with Crippen molar-refractivity contribution < 1.29 is 4.21 Å². The molecule has 14 heavy (non-hydrogen) atoms. The summed E-state index contributed by atoms with van der Waals surface area (Å²) in [4.78, 5) is 0. The first-order chi connectivity index (χ1) is 6.70. The molecule has 1 atom stereocenters. The van der Waals surface area contributed by atoms with Gasteiger partial charge >= 0.3 is 0 Å². The van der Waals surface area contributed by atoms with E-state index in [-0.39, 0.29) is 0 Å². The molecular weight excluding hydrogens is 214 g/mol. The smallest absolute Gasteiger partial charge is 0.0991 e. The molecule has 0 bridgehead atoms. The lowest BCUT2D eigenvalue weighted by molar-refractivity contribution is 0.689. The zero-order chi connectivity index (χ0) is 10.8. The first-order valence-electron chi connectivity index (χ1n) is 3.94. The number of benzene rings is 1. The molecule has 2 nitrogen and oxygen atoms in total. The maximum absolute atomic E-state index is 10.1. The van der Waals surface area contributed by atoms with E-state index in [0.717, 1.165) is 5.08 Å². The molecule has 1 aromatic carbocycles. The number of hydrogen-bond acceptors (Lipinski definition) is 3. The molecule has 0 saturated carbocycles. The van der Waals surface area contributed by atoms with Crippen LogP contribution in [0.2, 0.25) is 0 Å². The highest BCUT2D eigenvalue weighted by molar-refractivity contribution is 8.09. The Morgan fingerprint density at radius 2 is 2.00 bits per heavy atom. The van der Waals surface area contributed by atoms with Gasteiger partial charge in [0.05, 0.1) is 16.7 Å². The average molecular weight is 227 g/mol. The van der Waals surface area contributed by atoms with Crippen molar-refractivity contribution in [2.45, 2.75) is 0 Å². The van der Waals surface area contributed by atoms with E-state index in [1.165, 1.54) is 0 Å². The molecular formula is C10H13NOS2. The molecule has 0 radical (unpaired) electrons. The third-order valence-electron chi connectivity index (χ3n) is 1.19. The number of nitriles is 1. The Labute approximate surface area is 91.8 Å². The Morgan fingerprint density at radius 3 is 2.21 bits per heavy atom. The summed E-state index contributed by atoms with van der Waals surface area (Å²) >= 11 is 1.61. The standard InChI is InChI=1S/C7H5N.C3H8OS2/c8-6-7-4-2-1-3-5-7;1-5-3-6(2)4/h1-5H;3H2,1-2H3. The van der Waals surface area contributed by atoms with E-state index >= 15 is 0 Å². The Bertz CT molecular complexity index is 306. The minimum absolute atomic E-state index is 0.603. The van der Waals surface area contributed by atoms with Gasteiger partial charge in [0.15, 0.2) is 0 Å². The molecule has 0 heterocycles. The average Bonchev–Trinajstić information content (AvgIpc) is 2.20. The summed E-state index contributed by atoms with van der Waals surface area (Å²) in [6.07, 6.45) is 3.65. The lowest BCUT2D eigenvalue weighted by Crippen LogP contribution is -1.84. The van der Waals surface area contributed by atoms with E-state index < -0.39 is 10.8 Å². The molecule has 1 aromatic rings. The van der Waals surface area contributed by atoms with Gasteiger partial charge in [-0.25, -0.2) is 0 Å². The molecule has 1 unspecified atom stereocenters. The van der Waals surface area contributed by atoms with Crippen molar-refractivity contribution in [3.8, 4) is 6.07 Å². The van der Waals surface area contributed by atoms with Crippen molar-refractivity contribution in [3.05, 3.63) is 35.9 Å². The Hall–Kier alpha value is -0.790. The van der Waals surface area contributed by atoms with E-state index in [2.05, 4.69) is 0 Å². The van der Waals surface area contributed by atoms with Crippen LogP contribution < -0.4 is 0 Å². The van der Waals surface area contributed by atoms with Crippen LogP contribution >= 0.6 is 11.8 Å². The van der Waals surface area contributed by atoms with Gasteiger partial charge in [-0.1, -0.05) is 18.2 Å². The molecule has 0 saturated heterocycles. The van der Waals surface area contributed by atoms with Crippen LogP contribution in [0.4, 0.5) is 0 Å². The summed E-state index contributed by atoms with van der Waals surface area (Å²) in [6, 6.07) is 11.2. The van der Waals surface area contributed by atoms with Crippen molar-refractivity contribution in [2.75, 3.05) is 17.6 Å². The van der Waals surface area contributed by atoms with Crippen LogP contribution in [0.15, 0.2) is 30.3 Å². The highest BCUT2D eigenvalue weighted by Gasteiger charge is 1.81. The van der Waals surface area contributed by atoms with Gasteiger partial charge in [0.25, 0.3) is 0 Å². The summed E-state index contributed by atoms with van der Waals surface area (Å²) in [5, 5.41) is 9.05. The molecule has 0 aliphatic carbocycles. The van der Waals surface area contributed by atoms with Crippen molar-refractivity contribution in [3.63, 3.8) is 0 Å². The van der Waals surface area contributed by atoms with Crippen LogP contribution in [0, 0.1) is 11.3 Å². The molecule has 76 valence electrons. The fourth-order valence-corrected chi connectivity index (χ4v) is 2.01. The van der Waals surface area contributed by atoms with Gasteiger partial charge in [0, 0.05) is 17.1 Å². The summed E-state index contributed by atoms with van der Waals surface area (Å²) in [7, 11) is -0.603. The number of rotatable bonds is 2. The van der Waals surface area contributed by atoms with E-state index in [1.807, 2.05) is 30.5 Å². The predicted octanol–water partition coefficient (Wildman–Crippen LogP) is 2.24. The molecule has 0 aliphatic heterocycles. The zero-order valence-electron chi connectivity index (χ0n) is 8.27. The predicted molar refractivity (Wildman–Crippen MR) is 63.6 cm³/mol. The van der Waals surface area contributed by atoms with Crippen LogP contribution in [-0.2, 0) is 10.8 Å². The second-order valence-corrected chi connectivity index (χ2v) is 5.12. The SMILES string of the molecule is CSCS(C)=O.N#Cc1ccccc1. The number of nitrogens with zero attached hydrogens (tertiary/aromatic N) is 1. The molecule has 0 spiro atoms. The maximum Gasteiger partial charge on any atom is 0.0991 e. The largest absolute Gasteiger partial charge is 0.259 e.